The Kier molecular flexibility index (Phi) is 7.08. The van der Waals surface area contributed by atoms with E-state index < -0.39 is 11.8 Å². The summed E-state index contributed by atoms with van der Waals surface area (Å²) in [5, 5.41) is 7.23. The zero-order valence-electron chi connectivity index (χ0n) is 13.5. The van der Waals surface area contributed by atoms with Crippen LogP contribution in [0.4, 0.5) is 0 Å². The van der Waals surface area contributed by atoms with Crippen LogP contribution >= 0.6 is 23.4 Å². The lowest BCUT2D eigenvalue weighted by molar-refractivity contribution is -0.119. The minimum atomic E-state index is -0.449. The summed E-state index contributed by atoms with van der Waals surface area (Å²) in [6, 6.07) is 6.27. The summed E-state index contributed by atoms with van der Waals surface area (Å²) < 4.78 is 1.49. The molecule has 0 aliphatic heterocycles. The molecule has 0 spiro atoms. The standard InChI is InChI=1S/C15H18ClN5O3S/c1-2-3-8-21-14(24)19-20-15(21)25-9-12(22)17-18-13(23)10-4-6-11(16)7-5-10/h4-7H,2-3,8-9H2,1H3,(H,17,22)(H,18,23)(H,19,24). The van der Waals surface area contributed by atoms with Crippen LogP contribution in [0.3, 0.4) is 0 Å². The van der Waals surface area contributed by atoms with E-state index in [1.165, 1.54) is 4.57 Å². The predicted octanol–water partition coefficient (Wildman–Crippen LogP) is 1.58. The molecule has 1 aromatic carbocycles. The molecule has 2 amide bonds. The van der Waals surface area contributed by atoms with Crippen LogP contribution in [0, 0.1) is 0 Å². The van der Waals surface area contributed by atoms with E-state index in [2.05, 4.69) is 21.0 Å². The van der Waals surface area contributed by atoms with Crippen molar-refractivity contribution < 1.29 is 9.59 Å². The van der Waals surface area contributed by atoms with E-state index in [4.69, 9.17) is 11.6 Å². The van der Waals surface area contributed by atoms with Crippen molar-refractivity contribution in [2.45, 2.75) is 31.5 Å². The molecular weight excluding hydrogens is 366 g/mol. The molecule has 0 aliphatic carbocycles. The molecule has 1 heterocycles. The van der Waals surface area contributed by atoms with Gasteiger partial charge in [0.1, 0.15) is 0 Å². The molecule has 134 valence electrons. The van der Waals surface area contributed by atoms with Crippen LogP contribution in [-0.2, 0) is 11.3 Å². The Hall–Kier alpha value is -2.26. The Morgan fingerprint density at radius 3 is 2.68 bits per heavy atom. The number of hydrazine groups is 1. The van der Waals surface area contributed by atoms with Crippen molar-refractivity contribution >= 4 is 35.2 Å². The summed E-state index contributed by atoms with van der Waals surface area (Å²) in [5.41, 5.74) is 4.71. The van der Waals surface area contributed by atoms with E-state index in [1.54, 1.807) is 24.3 Å². The van der Waals surface area contributed by atoms with E-state index in [9.17, 15) is 14.4 Å². The third-order valence-electron chi connectivity index (χ3n) is 3.21. The van der Waals surface area contributed by atoms with Crippen molar-refractivity contribution in [3.05, 3.63) is 45.3 Å². The van der Waals surface area contributed by atoms with Crippen LogP contribution in [0.1, 0.15) is 30.1 Å². The summed E-state index contributed by atoms with van der Waals surface area (Å²) in [5.74, 6) is -0.850. The molecule has 0 atom stereocenters. The summed E-state index contributed by atoms with van der Waals surface area (Å²) in [7, 11) is 0. The van der Waals surface area contributed by atoms with Gasteiger partial charge in [0.15, 0.2) is 5.16 Å². The highest BCUT2D eigenvalue weighted by Gasteiger charge is 2.12. The van der Waals surface area contributed by atoms with Crippen molar-refractivity contribution in [3.8, 4) is 0 Å². The number of hydrogen-bond acceptors (Lipinski definition) is 5. The van der Waals surface area contributed by atoms with Crippen LogP contribution in [0.5, 0.6) is 0 Å². The Morgan fingerprint density at radius 2 is 2.00 bits per heavy atom. The zero-order valence-corrected chi connectivity index (χ0v) is 15.1. The van der Waals surface area contributed by atoms with Gasteiger partial charge in [-0.2, -0.15) is 0 Å². The lowest BCUT2D eigenvalue weighted by Crippen LogP contribution is -2.42. The molecule has 0 radical (unpaired) electrons. The van der Waals surface area contributed by atoms with Crippen LogP contribution < -0.4 is 16.5 Å². The lowest BCUT2D eigenvalue weighted by atomic mass is 10.2. The molecule has 0 fully saturated rings. The minimum Gasteiger partial charge on any atom is -0.272 e. The van der Waals surface area contributed by atoms with Gasteiger partial charge in [0.2, 0.25) is 5.91 Å². The normalized spacial score (nSPS) is 10.5. The Labute approximate surface area is 153 Å². The average molecular weight is 384 g/mol. The van der Waals surface area contributed by atoms with E-state index >= 15 is 0 Å². The minimum absolute atomic E-state index is 0.0112. The molecule has 3 N–H and O–H groups in total. The Balaban J connectivity index is 1.82. The molecule has 0 unspecified atom stereocenters. The monoisotopic (exact) mass is 383 g/mol. The number of rotatable bonds is 7. The van der Waals surface area contributed by atoms with Crippen LogP contribution in [0.2, 0.25) is 5.02 Å². The molecule has 10 heteroatoms. The molecular formula is C15H18ClN5O3S. The fraction of sp³-hybridized carbons (Fsp3) is 0.333. The van der Waals surface area contributed by atoms with Crippen LogP contribution in [0.25, 0.3) is 0 Å². The Morgan fingerprint density at radius 1 is 1.28 bits per heavy atom. The molecule has 0 aliphatic rings. The molecule has 0 saturated heterocycles. The highest BCUT2D eigenvalue weighted by molar-refractivity contribution is 7.99. The maximum Gasteiger partial charge on any atom is 0.343 e. The topological polar surface area (TPSA) is 109 Å². The number of hydrogen-bond donors (Lipinski definition) is 3. The van der Waals surface area contributed by atoms with Crippen molar-refractivity contribution in [2.24, 2.45) is 0 Å². The van der Waals surface area contributed by atoms with Gasteiger partial charge in [-0.25, -0.2) is 9.89 Å². The average Bonchev–Trinajstić information content (AvgIpc) is 2.96. The first-order valence-electron chi connectivity index (χ1n) is 7.64. The van der Waals surface area contributed by atoms with Gasteiger partial charge < -0.3 is 0 Å². The second-order valence-corrected chi connectivity index (χ2v) is 6.49. The van der Waals surface area contributed by atoms with E-state index in [0.717, 1.165) is 24.6 Å². The number of halogens is 1. The van der Waals surface area contributed by atoms with Gasteiger partial charge in [-0.1, -0.05) is 36.7 Å². The maximum absolute atomic E-state index is 11.9. The summed E-state index contributed by atoms with van der Waals surface area (Å²) in [6.45, 7) is 2.57. The molecule has 1 aromatic heterocycles. The number of thioether (sulfide) groups is 1. The van der Waals surface area contributed by atoms with Gasteiger partial charge in [0, 0.05) is 17.1 Å². The fourth-order valence-electron chi connectivity index (χ4n) is 1.89. The van der Waals surface area contributed by atoms with Gasteiger partial charge in [-0.3, -0.25) is 25.0 Å². The fourth-order valence-corrected chi connectivity index (χ4v) is 2.79. The number of aromatic amines is 1. The Bertz CT molecular complexity index is 787. The predicted molar refractivity (Wildman–Crippen MR) is 95.5 cm³/mol. The zero-order chi connectivity index (χ0) is 18.2. The number of nitrogens with one attached hydrogen (secondary N) is 3. The first-order valence-corrected chi connectivity index (χ1v) is 9.00. The second kappa shape index (κ2) is 9.28. The number of amides is 2. The number of nitrogens with zero attached hydrogens (tertiary/aromatic N) is 2. The smallest absolute Gasteiger partial charge is 0.272 e. The van der Waals surface area contributed by atoms with E-state index in [1.807, 2.05) is 6.92 Å². The molecule has 2 aromatic rings. The van der Waals surface area contributed by atoms with E-state index in [0.29, 0.717) is 22.3 Å². The van der Waals surface area contributed by atoms with Crippen molar-refractivity contribution in [2.75, 3.05) is 5.75 Å². The number of unbranched alkanes of at least 4 members (excludes halogenated alkanes) is 1. The summed E-state index contributed by atoms with van der Waals surface area (Å²) in [6.07, 6.45) is 1.79. The highest BCUT2D eigenvalue weighted by Crippen LogP contribution is 2.13. The molecule has 0 bridgehead atoms. The summed E-state index contributed by atoms with van der Waals surface area (Å²) >= 11 is 6.87. The first kappa shape index (κ1) is 19.1. The molecule has 8 nitrogen and oxygen atoms in total. The summed E-state index contributed by atoms with van der Waals surface area (Å²) in [4.78, 5) is 35.4. The maximum atomic E-state index is 11.9. The number of aromatic nitrogens is 3. The van der Waals surface area contributed by atoms with Crippen LogP contribution in [0.15, 0.2) is 34.2 Å². The number of H-pyrrole nitrogens is 1. The van der Waals surface area contributed by atoms with Gasteiger partial charge in [0.25, 0.3) is 5.91 Å². The third-order valence-corrected chi connectivity index (χ3v) is 4.44. The second-order valence-electron chi connectivity index (χ2n) is 5.11. The SMILES string of the molecule is CCCCn1c(SCC(=O)NNC(=O)c2ccc(Cl)cc2)n[nH]c1=O. The van der Waals surface area contributed by atoms with Crippen molar-refractivity contribution in [1.82, 2.24) is 25.6 Å². The number of benzene rings is 1. The van der Waals surface area contributed by atoms with Gasteiger partial charge >= 0.3 is 5.69 Å². The molecule has 2 rings (SSSR count). The molecule has 25 heavy (non-hydrogen) atoms. The highest BCUT2D eigenvalue weighted by atomic mass is 35.5. The van der Waals surface area contributed by atoms with Crippen LogP contribution in [-0.4, -0.2) is 32.3 Å². The van der Waals surface area contributed by atoms with Crippen molar-refractivity contribution in [3.63, 3.8) is 0 Å². The largest absolute Gasteiger partial charge is 0.343 e. The van der Waals surface area contributed by atoms with Gasteiger partial charge in [0.05, 0.1) is 5.75 Å². The lowest BCUT2D eigenvalue weighted by Gasteiger charge is -2.07. The van der Waals surface area contributed by atoms with Gasteiger partial charge in [-0.05, 0) is 30.7 Å². The quantitative estimate of drug-likeness (QED) is 0.496. The third kappa shape index (κ3) is 5.64. The van der Waals surface area contributed by atoms with Crippen molar-refractivity contribution in [1.29, 1.82) is 0 Å². The number of carbonyl (C=O) groups is 2. The van der Waals surface area contributed by atoms with E-state index in [-0.39, 0.29) is 11.4 Å². The first-order chi connectivity index (χ1) is 12.0. The molecule has 0 saturated carbocycles. The number of carbonyl (C=O) groups excluding carboxylic acids is 2. The van der Waals surface area contributed by atoms with Gasteiger partial charge in [-0.15, -0.1) is 5.10 Å².